The van der Waals surface area contributed by atoms with E-state index in [1.165, 1.54) is 0 Å². The highest BCUT2D eigenvalue weighted by Crippen LogP contribution is 2.12. The molecular formula is C12H12BrN3O2. The van der Waals surface area contributed by atoms with Crippen LogP contribution >= 0.6 is 15.9 Å². The number of pyridine rings is 1. The van der Waals surface area contributed by atoms with Gasteiger partial charge < -0.3 is 9.84 Å². The summed E-state index contributed by atoms with van der Waals surface area (Å²) < 4.78 is 5.66. The van der Waals surface area contributed by atoms with Crippen LogP contribution in [0, 0.1) is 13.8 Å². The molecule has 6 heteroatoms. The van der Waals surface area contributed by atoms with Gasteiger partial charge in [0.1, 0.15) is 16.1 Å². The summed E-state index contributed by atoms with van der Waals surface area (Å²) in [5.41, 5.74) is 2.06. The minimum absolute atomic E-state index is 0.226. The number of aromatic nitrogens is 2. The zero-order chi connectivity index (χ0) is 13.1. The summed E-state index contributed by atoms with van der Waals surface area (Å²) in [4.78, 5) is 16.0. The van der Waals surface area contributed by atoms with Crippen molar-refractivity contribution in [1.82, 2.24) is 15.5 Å². The third-order valence-corrected chi connectivity index (χ3v) is 3.00. The Bertz CT molecular complexity index is 561. The Morgan fingerprint density at radius 2 is 2.22 bits per heavy atom. The summed E-state index contributed by atoms with van der Waals surface area (Å²) >= 11 is 3.23. The van der Waals surface area contributed by atoms with Gasteiger partial charge in [0.25, 0.3) is 5.91 Å². The van der Waals surface area contributed by atoms with Crippen molar-refractivity contribution < 1.29 is 9.32 Å². The smallest absolute Gasteiger partial charge is 0.270 e. The molecule has 0 aromatic carbocycles. The lowest BCUT2D eigenvalue weighted by molar-refractivity contribution is 0.0945. The van der Waals surface area contributed by atoms with Crippen LogP contribution in [0.5, 0.6) is 0 Å². The van der Waals surface area contributed by atoms with E-state index in [0.717, 1.165) is 17.0 Å². The fraction of sp³-hybridized carbons (Fsp3) is 0.250. The first-order chi connectivity index (χ1) is 8.58. The van der Waals surface area contributed by atoms with E-state index < -0.39 is 0 Å². The fourth-order valence-electron chi connectivity index (χ4n) is 1.55. The molecule has 2 aromatic rings. The second kappa shape index (κ2) is 5.30. The van der Waals surface area contributed by atoms with E-state index in [1.54, 1.807) is 18.2 Å². The lowest BCUT2D eigenvalue weighted by Crippen LogP contribution is -2.24. The molecule has 0 radical (unpaired) electrons. The van der Waals surface area contributed by atoms with Gasteiger partial charge in [-0.15, -0.1) is 0 Å². The van der Waals surface area contributed by atoms with Crippen molar-refractivity contribution in [3.63, 3.8) is 0 Å². The van der Waals surface area contributed by atoms with Gasteiger partial charge in [-0.25, -0.2) is 4.98 Å². The van der Waals surface area contributed by atoms with Crippen molar-refractivity contribution in [1.29, 1.82) is 0 Å². The van der Waals surface area contributed by atoms with Crippen molar-refractivity contribution >= 4 is 21.8 Å². The summed E-state index contributed by atoms with van der Waals surface area (Å²) in [6.45, 7) is 4.04. The number of hydrogen-bond acceptors (Lipinski definition) is 4. The van der Waals surface area contributed by atoms with E-state index in [4.69, 9.17) is 4.52 Å². The van der Waals surface area contributed by atoms with Gasteiger partial charge in [0.2, 0.25) is 0 Å². The molecule has 2 heterocycles. The van der Waals surface area contributed by atoms with Crippen molar-refractivity contribution in [2.75, 3.05) is 0 Å². The van der Waals surface area contributed by atoms with E-state index in [0.29, 0.717) is 16.8 Å². The Labute approximate surface area is 113 Å². The molecule has 0 fully saturated rings. The molecule has 1 amide bonds. The number of amides is 1. The van der Waals surface area contributed by atoms with E-state index in [9.17, 15) is 4.79 Å². The van der Waals surface area contributed by atoms with E-state index in [-0.39, 0.29) is 5.91 Å². The Morgan fingerprint density at radius 1 is 1.44 bits per heavy atom. The van der Waals surface area contributed by atoms with E-state index in [2.05, 4.69) is 31.4 Å². The number of carbonyl (C=O) groups excluding carboxylic acids is 1. The van der Waals surface area contributed by atoms with Gasteiger partial charge in [0, 0.05) is 12.1 Å². The first kappa shape index (κ1) is 12.8. The monoisotopic (exact) mass is 309 g/mol. The SMILES string of the molecule is Cc1noc(C)c1CNC(=O)c1cccc(Br)n1. The summed E-state index contributed by atoms with van der Waals surface area (Å²) in [7, 11) is 0. The molecule has 0 saturated carbocycles. The van der Waals surface area contributed by atoms with Crippen LogP contribution in [0.4, 0.5) is 0 Å². The molecule has 0 atom stereocenters. The summed E-state index contributed by atoms with van der Waals surface area (Å²) in [5, 5.41) is 6.62. The van der Waals surface area contributed by atoms with Crippen LogP contribution in [-0.4, -0.2) is 16.0 Å². The predicted molar refractivity (Wildman–Crippen MR) is 69.1 cm³/mol. The van der Waals surface area contributed by atoms with Gasteiger partial charge >= 0.3 is 0 Å². The Kier molecular flexibility index (Phi) is 3.76. The predicted octanol–water partition coefficient (Wildman–Crippen LogP) is 2.38. The summed E-state index contributed by atoms with van der Waals surface area (Å²) in [6, 6.07) is 5.19. The summed E-state index contributed by atoms with van der Waals surface area (Å²) in [5.74, 6) is 0.492. The Morgan fingerprint density at radius 3 is 2.83 bits per heavy atom. The number of halogens is 1. The fourth-order valence-corrected chi connectivity index (χ4v) is 1.89. The van der Waals surface area contributed by atoms with Crippen LogP contribution in [0.25, 0.3) is 0 Å². The number of rotatable bonds is 3. The number of nitrogens with one attached hydrogen (secondary N) is 1. The van der Waals surface area contributed by atoms with Crippen LogP contribution in [0.2, 0.25) is 0 Å². The maximum Gasteiger partial charge on any atom is 0.270 e. The van der Waals surface area contributed by atoms with Crippen molar-refractivity contribution in [3.8, 4) is 0 Å². The van der Waals surface area contributed by atoms with Gasteiger partial charge in [0.15, 0.2) is 0 Å². The number of aryl methyl sites for hydroxylation is 2. The van der Waals surface area contributed by atoms with Crippen LogP contribution in [0.15, 0.2) is 27.3 Å². The lowest BCUT2D eigenvalue weighted by atomic mass is 10.2. The lowest BCUT2D eigenvalue weighted by Gasteiger charge is -2.04. The highest BCUT2D eigenvalue weighted by atomic mass is 79.9. The molecule has 2 rings (SSSR count). The molecule has 94 valence electrons. The van der Waals surface area contributed by atoms with Crippen molar-refractivity contribution in [3.05, 3.63) is 45.5 Å². The van der Waals surface area contributed by atoms with Gasteiger partial charge in [0.05, 0.1) is 5.69 Å². The van der Waals surface area contributed by atoms with Gasteiger partial charge in [-0.3, -0.25) is 4.79 Å². The van der Waals surface area contributed by atoms with Crippen LogP contribution in [0.1, 0.15) is 27.5 Å². The molecule has 0 bridgehead atoms. The van der Waals surface area contributed by atoms with E-state index in [1.807, 2.05) is 13.8 Å². The number of carbonyl (C=O) groups is 1. The Balaban J connectivity index is 2.05. The number of hydrogen-bond donors (Lipinski definition) is 1. The topological polar surface area (TPSA) is 68.0 Å². The standard InChI is InChI=1S/C12H12BrN3O2/c1-7-9(8(2)18-16-7)6-14-12(17)10-4-3-5-11(13)15-10/h3-5H,6H2,1-2H3,(H,14,17). The maximum absolute atomic E-state index is 11.9. The third-order valence-electron chi connectivity index (χ3n) is 2.55. The quantitative estimate of drug-likeness (QED) is 0.884. The second-order valence-electron chi connectivity index (χ2n) is 3.83. The van der Waals surface area contributed by atoms with E-state index >= 15 is 0 Å². The van der Waals surface area contributed by atoms with Crippen LogP contribution < -0.4 is 5.32 Å². The largest absolute Gasteiger partial charge is 0.361 e. The highest BCUT2D eigenvalue weighted by molar-refractivity contribution is 9.10. The average molecular weight is 310 g/mol. The van der Waals surface area contributed by atoms with Crippen LogP contribution in [0.3, 0.4) is 0 Å². The highest BCUT2D eigenvalue weighted by Gasteiger charge is 2.12. The van der Waals surface area contributed by atoms with Crippen LogP contribution in [-0.2, 0) is 6.54 Å². The first-order valence-corrected chi connectivity index (χ1v) is 6.19. The second-order valence-corrected chi connectivity index (χ2v) is 4.64. The maximum atomic E-state index is 11.9. The molecule has 0 aliphatic heterocycles. The molecule has 0 spiro atoms. The molecule has 0 unspecified atom stereocenters. The van der Waals surface area contributed by atoms with Gasteiger partial charge in [-0.2, -0.15) is 0 Å². The molecule has 2 aromatic heterocycles. The minimum atomic E-state index is -0.226. The number of nitrogens with zero attached hydrogens (tertiary/aromatic N) is 2. The van der Waals surface area contributed by atoms with Crippen molar-refractivity contribution in [2.45, 2.75) is 20.4 Å². The molecule has 0 aliphatic carbocycles. The first-order valence-electron chi connectivity index (χ1n) is 5.40. The van der Waals surface area contributed by atoms with Gasteiger partial charge in [-0.05, 0) is 41.9 Å². The third kappa shape index (κ3) is 2.76. The van der Waals surface area contributed by atoms with Gasteiger partial charge in [-0.1, -0.05) is 11.2 Å². The van der Waals surface area contributed by atoms with Crippen molar-refractivity contribution in [2.24, 2.45) is 0 Å². The zero-order valence-corrected chi connectivity index (χ0v) is 11.6. The Hall–Kier alpha value is -1.69. The molecule has 0 aliphatic rings. The summed E-state index contributed by atoms with van der Waals surface area (Å²) in [6.07, 6.45) is 0. The molecule has 5 nitrogen and oxygen atoms in total. The molecular weight excluding hydrogens is 298 g/mol. The minimum Gasteiger partial charge on any atom is -0.361 e. The average Bonchev–Trinajstić information content (AvgIpc) is 2.66. The molecule has 0 saturated heterocycles. The molecule has 18 heavy (non-hydrogen) atoms. The zero-order valence-electron chi connectivity index (χ0n) is 10.0. The molecule has 1 N–H and O–H groups in total. The normalized spacial score (nSPS) is 10.4.